The fourth-order valence-electron chi connectivity index (χ4n) is 1.94. The van der Waals surface area contributed by atoms with Crippen LogP contribution in [0.5, 0.6) is 0 Å². The minimum Gasteiger partial charge on any atom is -0.372 e. The molecule has 0 aliphatic heterocycles. The summed E-state index contributed by atoms with van der Waals surface area (Å²) >= 11 is 0. The van der Waals surface area contributed by atoms with E-state index in [4.69, 9.17) is 10.5 Å². The molecular weight excluding hydrogens is 240 g/mol. The van der Waals surface area contributed by atoms with Gasteiger partial charge < -0.3 is 15.8 Å². The fourth-order valence-corrected chi connectivity index (χ4v) is 1.94. The van der Waals surface area contributed by atoms with Crippen LogP contribution in [0.25, 0.3) is 0 Å². The average Bonchev–Trinajstić information content (AvgIpc) is 2.28. The molecule has 4 nitrogen and oxygen atoms in total. The van der Waals surface area contributed by atoms with Crippen molar-refractivity contribution in [3.05, 3.63) is 0 Å². The van der Waals surface area contributed by atoms with Crippen LogP contribution in [0.2, 0.25) is 0 Å². The molecule has 17 heavy (non-hydrogen) atoms. The van der Waals surface area contributed by atoms with Gasteiger partial charge in [-0.05, 0) is 32.1 Å². The van der Waals surface area contributed by atoms with E-state index in [9.17, 15) is 4.79 Å². The van der Waals surface area contributed by atoms with Gasteiger partial charge in [0, 0.05) is 18.7 Å². The van der Waals surface area contributed by atoms with Crippen LogP contribution in [0.3, 0.4) is 0 Å². The number of amides is 1. The first kappa shape index (κ1) is 16.7. The second-order valence-electron chi connectivity index (χ2n) is 4.59. The Kier molecular flexibility index (Phi) is 9.50. The van der Waals surface area contributed by atoms with Crippen LogP contribution in [-0.4, -0.2) is 31.2 Å². The molecule has 1 amide bonds. The summed E-state index contributed by atoms with van der Waals surface area (Å²) in [6.45, 7) is 2.98. The van der Waals surface area contributed by atoms with Gasteiger partial charge in [-0.3, -0.25) is 4.79 Å². The van der Waals surface area contributed by atoms with Gasteiger partial charge in [0.25, 0.3) is 0 Å². The Morgan fingerprint density at radius 1 is 1.35 bits per heavy atom. The van der Waals surface area contributed by atoms with Gasteiger partial charge in [0.05, 0.1) is 0 Å². The van der Waals surface area contributed by atoms with Gasteiger partial charge in [-0.15, -0.1) is 12.4 Å². The Morgan fingerprint density at radius 2 is 2.00 bits per heavy atom. The molecule has 1 rings (SSSR count). The van der Waals surface area contributed by atoms with Gasteiger partial charge in [0.15, 0.2) is 0 Å². The molecule has 1 saturated carbocycles. The monoisotopic (exact) mass is 264 g/mol. The van der Waals surface area contributed by atoms with E-state index in [0.29, 0.717) is 18.7 Å². The molecule has 3 N–H and O–H groups in total. The summed E-state index contributed by atoms with van der Waals surface area (Å²) in [4.78, 5) is 11.5. The van der Waals surface area contributed by atoms with Crippen molar-refractivity contribution < 1.29 is 9.53 Å². The number of hydrogen-bond acceptors (Lipinski definition) is 3. The van der Waals surface area contributed by atoms with Gasteiger partial charge in [-0.1, -0.05) is 13.3 Å². The van der Waals surface area contributed by atoms with Gasteiger partial charge in [0.1, 0.15) is 6.61 Å². The highest BCUT2D eigenvalue weighted by molar-refractivity contribution is 5.85. The van der Waals surface area contributed by atoms with Crippen LogP contribution in [0, 0.1) is 0 Å². The summed E-state index contributed by atoms with van der Waals surface area (Å²) in [5.74, 6) is 0.0107. The van der Waals surface area contributed by atoms with Gasteiger partial charge >= 0.3 is 0 Å². The summed E-state index contributed by atoms with van der Waals surface area (Å²) in [5, 5.41) is 3.00. The first-order chi connectivity index (χ1) is 7.72. The molecular formula is C12H25ClN2O2. The Morgan fingerprint density at radius 3 is 2.59 bits per heavy atom. The predicted octanol–water partition coefficient (Wildman–Crippen LogP) is 1.61. The minimum atomic E-state index is 0. The molecule has 0 aromatic rings. The lowest BCUT2D eigenvalue weighted by atomic mass is 9.92. The molecule has 0 bridgehead atoms. The molecule has 0 radical (unpaired) electrons. The molecule has 102 valence electrons. The van der Waals surface area contributed by atoms with E-state index >= 15 is 0 Å². The maximum atomic E-state index is 11.5. The number of rotatable bonds is 6. The Labute approximate surface area is 110 Å². The highest BCUT2D eigenvalue weighted by atomic mass is 35.5. The lowest BCUT2D eigenvalue weighted by Crippen LogP contribution is -2.41. The second-order valence-corrected chi connectivity index (χ2v) is 4.59. The molecule has 1 aliphatic rings. The highest BCUT2D eigenvalue weighted by Gasteiger charge is 2.19. The zero-order valence-corrected chi connectivity index (χ0v) is 11.4. The largest absolute Gasteiger partial charge is 0.372 e. The number of ether oxygens (including phenoxy) is 1. The number of carbonyl (C=O) groups is 1. The summed E-state index contributed by atoms with van der Waals surface area (Å²) in [6.07, 6.45) is 6.15. The first-order valence-corrected chi connectivity index (χ1v) is 6.35. The zero-order chi connectivity index (χ0) is 11.8. The van der Waals surface area contributed by atoms with Crippen molar-refractivity contribution in [1.29, 1.82) is 0 Å². The van der Waals surface area contributed by atoms with Gasteiger partial charge in [0.2, 0.25) is 5.91 Å². The van der Waals surface area contributed by atoms with Crippen molar-refractivity contribution in [2.75, 3.05) is 13.2 Å². The van der Waals surface area contributed by atoms with Crippen LogP contribution >= 0.6 is 12.4 Å². The summed E-state index contributed by atoms with van der Waals surface area (Å²) in [5.41, 5.74) is 5.80. The van der Waals surface area contributed by atoms with Crippen molar-refractivity contribution in [1.82, 2.24) is 5.32 Å². The molecule has 1 fully saturated rings. The van der Waals surface area contributed by atoms with Gasteiger partial charge in [-0.2, -0.15) is 0 Å². The van der Waals surface area contributed by atoms with Crippen molar-refractivity contribution in [3.63, 3.8) is 0 Å². The number of nitrogens with two attached hydrogens (primary N) is 1. The molecule has 1 aliphatic carbocycles. The number of carbonyl (C=O) groups excluding carboxylic acids is 1. The van der Waals surface area contributed by atoms with Crippen molar-refractivity contribution in [3.8, 4) is 0 Å². The van der Waals surface area contributed by atoms with E-state index < -0.39 is 0 Å². The van der Waals surface area contributed by atoms with Crippen molar-refractivity contribution in [2.45, 2.75) is 57.5 Å². The number of hydrogen-bond donors (Lipinski definition) is 2. The van der Waals surface area contributed by atoms with E-state index in [1.165, 1.54) is 0 Å². The normalized spacial score (nSPS) is 23.9. The molecule has 0 saturated heterocycles. The van der Waals surface area contributed by atoms with E-state index in [-0.39, 0.29) is 24.9 Å². The minimum absolute atomic E-state index is 0. The Hall–Kier alpha value is -0.320. The molecule has 5 heteroatoms. The van der Waals surface area contributed by atoms with Crippen LogP contribution in [0.1, 0.15) is 45.4 Å². The third-order valence-electron chi connectivity index (χ3n) is 3.01. The topological polar surface area (TPSA) is 64.3 Å². The maximum absolute atomic E-state index is 11.5. The average molecular weight is 265 g/mol. The second kappa shape index (κ2) is 9.68. The van der Waals surface area contributed by atoms with Crippen LogP contribution in [-0.2, 0) is 9.53 Å². The van der Waals surface area contributed by atoms with Gasteiger partial charge in [-0.25, -0.2) is 0 Å². The number of nitrogens with one attached hydrogen (secondary N) is 1. The van der Waals surface area contributed by atoms with E-state index in [1.807, 2.05) is 0 Å². The van der Waals surface area contributed by atoms with E-state index in [0.717, 1.165) is 38.5 Å². The number of unbranched alkanes of at least 4 members (excludes halogenated alkanes) is 1. The Bertz CT molecular complexity index is 207. The van der Waals surface area contributed by atoms with Crippen LogP contribution < -0.4 is 11.1 Å². The quantitative estimate of drug-likeness (QED) is 0.717. The molecule has 0 aromatic carbocycles. The van der Waals surface area contributed by atoms with E-state index in [1.54, 1.807) is 0 Å². The third kappa shape index (κ3) is 7.58. The molecule has 0 spiro atoms. The van der Waals surface area contributed by atoms with Crippen molar-refractivity contribution >= 4 is 18.3 Å². The predicted molar refractivity (Wildman–Crippen MR) is 71.3 cm³/mol. The number of halogens is 1. The summed E-state index contributed by atoms with van der Waals surface area (Å²) in [6, 6.07) is 0.635. The molecule has 0 unspecified atom stereocenters. The van der Waals surface area contributed by atoms with Crippen LogP contribution in [0.4, 0.5) is 0 Å². The lowest BCUT2D eigenvalue weighted by Gasteiger charge is -2.26. The smallest absolute Gasteiger partial charge is 0.246 e. The standard InChI is InChI=1S/C12H24N2O2.ClH/c1-2-3-8-16-9-12(15)14-11-6-4-10(13)5-7-11;/h10-11H,2-9,13H2,1H3,(H,14,15);1H. The fraction of sp³-hybridized carbons (Fsp3) is 0.917. The summed E-state index contributed by atoms with van der Waals surface area (Å²) in [7, 11) is 0. The highest BCUT2D eigenvalue weighted by Crippen LogP contribution is 2.16. The SMILES string of the molecule is CCCCOCC(=O)NC1CCC(N)CC1.Cl. The van der Waals surface area contributed by atoms with Crippen molar-refractivity contribution in [2.24, 2.45) is 5.73 Å². The molecule has 0 atom stereocenters. The first-order valence-electron chi connectivity index (χ1n) is 6.35. The zero-order valence-electron chi connectivity index (χ0n) is 10.6. The van der Waals surface area contributed by atoms with E-state index in [2.05, 4.69) is 12.2 Å². The summed E-state index contributed by atoms with van der Waals surface area (Å²) < 4.78 is 5.26. The maximum Gasteiger partial charge on any atom is 0.246 e. The Balaban J connectivity index is 0.00000256. The molecule has 0 aromatic heterocycles. The third-order valence-corrected chi connectivity index (χ3v) is 3.01. The molecule has 0 heterocycles. The van der Waals surface area contributed by atoms with Crippen LogP contribution in [0.15, 0.2) is 0 Å². The lowest BCUT2D eigenvalue weighted by molar-refractivity contribution is -0.126.